The van der Waals surface area contributed by atoms with Crippen molar-refractivity contribution in [1.29, 1.82) is 0 Å². The van der Waals surface area contributed by atoms with Crippen LogP contribution in [-0.2, 0) is 4.74 Å². The normalized spacial score (nSPS) is 24.2. The van der Waals surface area contributed by atoms with Crippen molar-refractivity contribution >= 4 is 5.96 Å². The summed E-state index contributed by atoms with van der Waals surface area (Å²) >= 11 is 0. The Hall–Kier alpha value is -0.850. The van der Waals surface area contributed by atoms with Crippen LogP contribution in [0.1, 0.15) is 19.8 Å². The first-order chi connectivity index (χ1) is 8.74. The molecule has 1 aliphatic carbocycles. The largest absolute Gasteiger partial charge is 0.382 e. The topological polar surface area (TPSA) is 66.1 Å². The summed E-state index contributed by atoms with van der Waals surface area (Å²) in [6.45, 7) is 6.88. The van der Waals surface area contributed by atoms with Gasteiger partial charge in [-0.2, -0.15) is 0 Å². The fraction of sp³-hybridized carbons (Fsp3) is 0.917. The van der Waals surface area contributed by atoms with Crippen LogP contribution in [0.25, 0.3) is 0 Å². The molecule has 1 aliphatic heterocycles. The number of piperazine rings is 1. The van der Waals surface area contributed by atoms with E-state index >= 15 is 0 Å². The second-order valence-corrected chi connectivity index (χ2v) is 5.16. The van der Waals surface area contributed by atoms with Crippen molar-refractivity contribution in [2.24, 2.45) is 10.8 Å². The van der Waals surface area contributed by atoms with Crippen LogP contribution in [0.4, 0.5) is 0 Å². The summed E-state index contributed by atoms with van der Waals surface area (Å²) in [6.07, 6.45) is 2.75. The number of nitrogens with one attached hydrogen (secondary N) is 1. The zero-order valence-corrected chi connectivity index (χ0v) is 11.4. The molecule has 0 bridgehead atoms. The molecule has 0 spiro atoms. The fourth-order valence-corrected chi connectivity index (χ4v) is 2.44. The van der Waals surface area contributed by atoms with Crippen LogP contribution in [0.5, 0.6) is 0 Å². The first-order valence-electron chi connectivity index (χ1n) is 6.77. The van der Waals surface area contributed by atoms with Crippen LogP contribution in [-0.4, -0.2) is 67.7 Å². The Morgan fingerprint density at radius 3 is 2.56 bits per heavy atom. The maximum atomic E-state index is 5.58. The molecule has 1 saturated carbocycles. The van der Waals surface area contributed by atoms with Crippen LogP contribution in [0.15, 0.2) is 4.99 Å². The first kappa shape index (κ1) is 13.6. The summed E-state index contributed by atoms with van der Waals surface area (Å²) < 4.78 is 5.09. The molecule has 1 heterocycles. The van der Waals surface area contributed by atoms with Gasteiger partial charge in [0.15, 0.2) is 0 Å². The van der Waals surface area contributed by atoms with Crippen molar-refractivity contribution in [3.63, 3.8) is 0 Å². The summed E-state index contributed by atoms with van der Waals surface area (Å²) in [4.78, 5) is 9.36. The number of hydrogen-bond acceptors (Lipinski definition) is 4. The van der Waals surface area contributed by atoms with Gasteiger partial charge in [-0.1, -0.05) is 0 Å². The van der Waals surface area contributed by atoms with E-state index in [0.717, 1.165) is 38.2 Å². The summed E-state index contributed by atoms with van der Waals surface area (Å²) in [6, 6.07) is 0.980. The number of rotatable bonds is 4. The molecule has 6 heteroatoms. The number of nitrogens with two attached hydrogens (primary N) is 1. The van der Waals surface area contributed by atoms with E-state index in [1.807, 2.05) is 6.92 Å². The van der Waals surface area contributed by atoms with Gasteiger partial charge in [-0.3, -0.25) is 10.3 Å². The lowest BCUT2D eigenvalue weighted by Gasteiger charge is -2.36. The Bertz CT molecular complexity index is 284. The van der Waals surface area contributed by atoms with Crippen molar-refractivity contribution in [1.82, 2.24) is 15.2 Å². The van der Waals surface area contributed by atoms with Crippen LogP contribution < -0.4 is 11.3 Å². The van der Waals surface area contributed by atoms with Crippen LogP contribution >= 0.6 is 0 Å². The molecule has 2 rings (SSSR count). The molecule has 0 amide bonds. The molecule has 2 aliphatic rings. The highest BCUT2D eigenvalue weighted by molar-refractivity contribution is 5.79. The second kappa shape index (κ2) is 6.36. The summed E-state index contributed by atoms with van der Waals surface area (Å²) in [5.41, 5.74) is 2.72. The Labute approximate surface area is 109 Å². The first-order valence-corrected chi connectivity index (χ1v) is 6.77. The van der Waals surface area contributed by atoms with Gasteiger partial charge in [0.2, 0.25) is 5.96 Å². The Morgan fingerprint density at radius 2 is 2.06 bits per heavy atom. The fourth-order valence-electron chi connectivity index (χ4n) is 2.44. The molecular formula is C12H25N5O. The minimum absolute atomic E-state index is 0.127. The van der Waals surface area contributed by atoms with Crippen molar-refractivity contribution in [3.05, 3.63) is 0 Å². The maximum absolute atomic E-state index is 5.58. The average molecular weight is 255 g/mol. The smallest absolute Gasteiger partial charge is 0.208 e. The Kier molecular flexibility index (Phi) is 4.79. The molecule has 2 fully saturated rings. The van der Waals surface area contributed by atoms with Gasteiger partial charge in [0.05, 0.1) is 12.6 Å². The van der Waals surface area contributed by atoms with Crippen LogP contribution in [0, 0.1) is 0 Å². The number of nitrogens with zero attached hydrogens (tertiary/aromatic N) is 3. The number of hydrogen-bond donors (Lipinski definition) is 2. The zero-order valence-electron chi connectivity index (χ0n) is 11.4. The average Bonchev–Trinajstić information content (AvgIpc) is 3.21. The lowest BCUT2D eigenvalue weighted by Crippen LogP contribution is -2.54. The molecule has 18 heavy (non-hydrogen) atoms. The van der Waals surface area contributed by atoms with E-state index in [1.165, 1.54) is 12.8 Å². The Morgan fingerprint density at radius 1 is 1.39 bits per heavy atom. The van der Waals surface area contributed by atoms with Gasteiger partial charge in [0.25, 0.3) is 0 Å². The number of guanidine groups is 1. The number of ether oxygens (including phenoxy) is 1. The van der Waals surface area contributed by atoms with Gasteiger partial charge in [-0.15, -0.1) is 0 Å². The minimum atomic E-state index is 0.127. The van der Waals surface area contributed by atoms with Gasteiger partial charge in [-0.05, 0) is 19.8 Å². The monoisotopic (exact) mass is 255 g/mol. The van der Waals surface area contributed by atoms with Crippen molar-refractivity contribution in [3.8, 4) is 0 Å². The summed E-state index contributed by atoms with van der Waals surface area (Å²) in [7, 11) is 1.69. The molecule has 0 aromatic heterocycles. The molecule has 1 saturated heterocycles. The highest BCUT2D eigenvalue weighted by Crippen LogP contribution is 2.27. The van der Waals surface area contributed by atoms with Gasteiger partial charge in [0, 0.05) is 39.3 Å². The SMILES string of the molecule is COCC(C)N=C(NN)N1CCN(C2CC2)CC1. The van der Waals surface area contributed by atoms with E-state index in [9.17, 15) is 0 Å². The van der Waals surface area contributed by atoms with Gasteiger partial charge < -0.3 is 9.64 Å². The van der Waals surface area contributed by atoms with Crippen LogP contribution in [0.2, 0.25) is 0 Å². The van der Waals surface area contributed by atoms with Crippen molar-refractivity contribution in [2.45, 2.75) is 31.8 Å². The van der Waals surface area contributed by atoms with E-state index in [4.69, 9.17) is 10.6 Å². The number of hydrazine groups is 1. The predicted octanol–water partition coefficient (Wildman–Crippen LogP) is -0.379. The molecule has 104 valence electrons. The lowest BCUT2D eigenvalue weighted by molar-refractivity contribution is 0.168. The second-order valence-electron chi connectivity index (χ2n) is 5.16. The van der Waals surface area contributed by atoms with Gasteiger partial charge in [0.1, 0.15) is 0 Å². The van der Waals surface area contributed by atoms with E-state index in [2.05, 4.69) is 20.2 Å². The van der Waals surface area contributed by atoms with Crippen molar-refractivity contribution in [2.75, 3.05) is 39.9 Å². The highest BCUT2D eigenvalue weighted by atomic mass is 16.5. The molecule has 1 atom stereocenters. The highest BCUT2D eigenvalue weighted by Gasteiger charge is 2.31. The standard InChI is InChI=1S/C12H25N5O/c1-10(9-18-2)14-12(15-13)17-7-5-16(6-8-17)11-3-4-11/h10-11H,3-9,13H2,1-2H3,(H,14,15). The number of aliphatic imine (C=N–C) groups is 1. The molecule has 6 nitrogen and oxygen atoms in total. The summed E-state index contributed by atoms with van der Waals surface area (Å²) in [5.74, 6) is 6.37. The van der Waals surface area contributed by atoms with Gasteiger partial charge in [-0.25, -0.2) is 10.8 Å². The minimum Gasteiger partial charge on any atom is -0.382 e. The maximum Gasteiger partial charge on any atom is 0.208 e. The Balaban J connectivity index is 1.84. The van der Waals surface area contributed by atoms with Gasteiger partial charge >= 0.3 is 0 Å². The summed E-state index contributed by atoms with van der Waals surface area (Å²) in [5, 5.41) is 0. The van der Waals surface area contributed by atoms with Crippen molar-refractivity contribution < 1.29 is 4.74 Å². The third-order valence-corrected chi connectivity index (χ3v) is 3.56. The molecule has 1 unspecified atom stereocenters. The predicted molar refractivity (Wildman–Crippen MR) is 72.3 cm³/mol. The molecule has 0 radical (unpaired) electrons. The van der Waals surface area contributed by atoms with E-state index in [0.29, 0.717) is 6.61 Å². The number of methoxy groups -OCH3 is 1. The lowest BCUT2D eigenvalue weighted by atomic mass is 10.3. The van der Waals surface area contributed by atoms with E-state index in [-0.39, 0.29) is 6.04 Å². The zero-order chi connectivity index (χ0) is 13.0. The third kappa shape index (κ3) is 3.57. The molecular weight excluding hydrogens is 230 g/mol. The van der Waals surface area contributed by atoms with Crippen LogP contribution in [0.3, 0.4) is 0 Å². The van der Waals surface area contributed by atoms with E-state index in [1.54, 1.807) is 7.11 Å². The molecule has 3 N–H and O–H groups in total. The molecule has 0 aromatic carbocycles. The third-order valence-electron chi connectivity index (χ3n) is 3.56. The molecule has 0 aromatic rings. The van der Waals surface area contributed by atoms with E-state index < -0.39 is 0 Å². The quantitative estimate of drug-likeness (QED) is 0.310.